The lowest BCUT2D eigenvalue weighted by Gasteiger charge is -2.38. The molecule has 0 spiro atoms. The summed E-state index contributed by atoms with van der Waals surface area (Å²) in [5.74, 6) is 0.828. The van der Waals surface area contributed by atoms with E-state index in [-0.39, 0.29) is 5.91 Å². The first-order chi connectivity index (χ1) is 6.53. The van der Waals surface area contributed by atoms with E-state index in [1.807, 2.05) is 4.90 Å². The van der Waals surface area contributed by atoms with Crippen molar-refractivity contribution in [2.24, 2.45) is 11.7 Å². The number of rotatable bonds is 1. The lowest BCUT2D eigenvalue weighted by molar-refractivity contribution is -0.137. The van der Waals surface area contributed by atoms with Crippen molar-refractivity contribution < 1.29 is 4.79 Å². The molecule has 3 heteroatoms. The monoisotopic (exact) mass is 196 g/mol. The van der Waals surface area contributed by atoms with Crippen molar-refractivity contribution in [2.75, 3.05) is 6.54 Å². The van der Waals surface area contributed by atoms with Crippen LogP contribution in [0.1, 0.15) is 39.5 Å². The van der Waals surface area contributed by atoms with Gasteiger partial charge in [0.15, 0.2) is 0 Å². The molecule has 1 saturated heterocycles. The van der Waals surface area contributed by atoms with Gasteiger partial charge in [-0.05, 0) is 38.5 Å². The molecule has 14 heavy (non-hydrogen) atoms. The van der Waals surface area contributed by atoms with Crippen LogP contribution in [0.25, 0.3) is 0 Å². The van der Waals surface area contributed by atoms with Crippen LogP contribution in [0.4, 0.5) is 0 Å². The topological polar surface area (TPSA) is 46.3 Å². The summed E-state index contributed by atoms with van der Waals surface area (Å²) in [5, 5.41) is 0. The molecule has 1 heterocycles. The third-order valence-corrected chi connectivity index (χ3v) is 3.59. The maximum Gasteiger partial charge on any atom is 0.242 e. The Kier molecular flexibility index (Phi) is 2.30. The molecule has 0 radical (unpaired) electrons. The number of likely N-dealkylation sites (tertiary alicyclic amines) is 1. The zero-order valence-corrected chi connectivity index (χ0v) is 9.12. The maximum absolute atomic E-state index is 12.0. The van der Waals surface area contributed by atoms with Crippen molar-refractivity contribution in [1.82, 2.24) is 4.90 Å². The van der Waals surface area contributed by atoms with E-state index in [0.717, 1.165) is 25.8 Å². The normalized spacial score (nSPS) is 35.5. The van der Waals surface area contributed by atoms with Crippen LogP contribution in [-0.2, 0) is 4.79 Å². The van der Waals surface area contributed by atoms with Gasteiger partial charge in [-0.2, -0.15) is 0 Å². The summed E-state index contributed by atoms with van der Waals surface area (Å²) in [6.07, 6.45) is 4.12. The Bertz CT molecular complexity index is 248. The number of carbonyl (C=O) groups excluding carboxylic acids is 1. The summed E-state index contributed by atoms with van der Waals surface area (Å²) in [5.41, 5.74) is 5.46. The molecule has 2 rings (SSSR count). The zero-order valence-electron chi connectivity index (χ0n) is 9.12. The Balaban J connectivity index is 2.04. The van der Waals surface area contributed by atoms with E-state index in [4.69, 9.17) is 5.73 Å². The van der Waals surface area contributed by atoms with Crippen molar-refractivity contribution in [3.05, 3.63) is 0 Å². The lowest BCUT2D eigenvalue weighted by atomic mass is 9.94. The van der Waals surface area contributed by atoms with Crippen LogP contribution < -0.4 is 5.73 Å². The van der Waals surface area contributed by atoms with Crippen molar-refractivity contribution >= 4 is 5.91 Å². The van der Waals surface area contributed by atoms with Crippen molar-refractivity contribution in [1.29, 1.82) is 0 Å². The third kappa shape index (κ3) is 1.65. The number of hydrogen-bond donors (Lipinski definition) is 1. The minimum atomic E-state index is -0.481. The quantitative estimate of drug-likeness (QED) is 0.683. The molecule has 1 amide bonds. The standard InChI is InChI=1S/C11H20N2O/c1-8-3-4-9(2)13(7-8)10(14)11(12)5-6-11/h8-9H,3-7,12H2,1-2H3. The number of nitrogens with two attached hydrogens (primary N) is 1. The van der Waals surface area contributed by atoms with Gasteiger partial charge in [-0.1, -0.05) is 6.92 Å². The molecule has 2 unspecified atom stereocenters. The van der Waals surface area contributed by atoms with E-state index < -0.39 is 5.54 Å². The predicted octanol–water partition coefficient (Wildman–Crippen LogP) is 1.12. The number of carbonyl (C=O) groups is 1. The van der Waals surface area contributed by atoms with Crippen molar-refractivity contribution in [3.8, 4) is 0 Å². The molecule has 1 aliphatic heterocycles. The summed E-state index contributed by atoms with van der Waals surface area (Å²) >= 11 is 0. The first-order valence-electron chi connectivity index (χ1n) is 5.63. The van der Waals surface area contributed by atoms with E-state index in [9.17, 15) is 4.79 Å². The Morgan fingerprint density at radius 3 is 2.57 bits per heavy atom. The second-order valence-corrected chi connectivity index (χ2v) is 5.15. The zero-order chi connectivity index (χ0) is 10.3. The third-order valence-electron chi connectivity index (χ3n) is 3.59. The number of nitrogens with zero attached hydrogens (tertiary/aromatic N) is 1. The number of amides is 1. The number of piperidine rings is 1. The fourth-order valence-corrected chi connectivity index (χ4v) is 2.21. The summed E-state index contributed by atoms with van der Waals surface area (Å²) in [4.78, 5) is 14.0. The van der Waals surface area contributed by atoms with Crippen LogP contribution in [0.2, 0.25) is 0 Å². The van der Waals surface area contributed by atoms with Gasteiger partial charge in [0.2, 0.25) is 5.91 Å². The summed E-state index contributed by atoms with van der Waals surface area (Å²) in [6.45, 7) is 5.25. The van der Waals surface area contributed by atoms with E-state index in [1.165, 1.54) is 6.42 Å². The highest BCUT2D eigenvalue weighted by atomic mass is 16.2. The largest absolute Gasteiger partial charge is 0.338 e. The molecule has 2 atom stereocenters. The molecule has 2 fully saturated rings. The average molecular weight is 196 g/mol. The highest BCUT2D eigenvalue weighted by Gasteiger charge is 2.49. The molecule has 2 N–H and O–H groups in total. The number of hydrogen-bond acceptors (Lipinski definition) is 2. The van der Waals surface area contributed by atoms with Gasteiger partial charge in [0.1, 0.15) is 0 Å². The van der Waals surface area contributed by atoms with Gasteiger partial charge in [0.05, 0.1) is 5.54 Å². The van der Waals surface area contributed by atoms with Crippen LogP contribution in [0.15, 0.2) is 0 Å². The minimum absolute atomic E-state index is 0.191. The Hall–Kier alpha value is -0.570. The molecular formula is C11H20N2O. The Morgan fingerprint density at radius 2 is 2.00 bits per heavy atom. The van der Waals surface area contributed by atoms with Crippen LogP contribution in [0.3, 0.4) is 0 Å². The first kappa shape index (κ1) is 9.97. The second kappa shape index (κ2) is 3.23. The average Bonchev–Trinajstić information content (AvgIpc) is 2.88. The highest BCUT2D eigenvalue weighted by molar-refractivity contribution is 5.89. The molecule has 2 aliphatic rings. The van der Waals surface area contributed by atoms with Crippen LogP contribution in [0.5, 0.6) is 0 Å². The maximum atomic E-state index is 12.0. The molecule has 0 aromatic heterocycles. The summed E-state index contributed by atoms with van der Waals surface area (Å²) in [6, 6.07) is 0.389. The Labute approximate surface area is 85.6 Å². The fourth-order valence-electron chi connectivity index (χ4n) is 2.21. The van der Waals surface area contributed by atoms with Gasteiger partial charge in [-0.25, -0.2) is 0 Å². The Morgan fingerprint density at radius 1 is 1.36 bits per heavy atom. The van der Waals surface area contributed by atoms with Gasteiger partial charge in [-0.15, -0.1) is 0 Å². The molecular weight excluding hydrogens is 176 g/mol. The van der Waals surface area contributed by atoms with Crippen LogP contribution in [-0.4, -0.2) is 28.9 Å². The lowest BCUT2D eigenvalue weighted by Crippen LogP contribution is -2.52. The van der Waals surface area contributed by atoms with Crippen molar-refractivity contribution in [3.63, 3.8) is 0 Å². The van der Waals surface area contributed by atoms with E-state index >= 15 is 0 Å². The summed E-state index contributed by atoms with van der Waals surface area (Å²) < 4.78 is 0. The first-order valence-corrected chi connectivity index (χ1v) is 5.63. The van der Waals surface area contributed by atoms with Gasteiger partial charge in [0.25, 0.3) is 0 Å². The highest BCUT2D eigenvalue weighted by Crippen LogP contribution is 2.36. The van der Waals surface area contributed by atoms with E-state index in [2.05, 4.69) is 13.8 Å². The van der Waals surface area contributed by atoms with Gasteiger partial charge in [0, 0.05) is 12.6 Å². The van der Waals surface area contributed by atoms with Crippen LogP contribution >= 0.6 is 0 Å². The molecule has 0 aromatic carbocycles. The van der Waals surface area contributed by atoms with E-state index in [0.29, 0.717) is 12.0 Å². The van der Waals surface area contributed by atoms with Gasteiger partial charge < -0.3 is 10.6 Å². The smallest absolute Gasteiger partial charge is 0.242 e. The summed E-state index contributed by atoms with van der Waals surface area (Å²) in [7, 11) is 0. The van der Waals surface area contributed by atoms with Gasteiger partial charge >= 0.3 is 0 Å². The van der Waals surface area contributed by atoms with Gasteiger partial charge in [-0.3, -0.25) is 4.79 Å². The molecule has 80 valence electrons. The minimum Gasteiger partial charge on any atom is -0.338 e. The molecule has 1 aliphatic carbocycles. The SMILES string of the molecule is CC1CCC(C)N(C(=O)C2(N)CC2)C1. The second-order valence-electron chi connectivity index (χ2n) is 5.15. The van der Waals surface area contributed by atoms with Crippen LogP contribution in [0, 0.1) is 5.92 Å². The fraction of sp³-hybridized carbons (Fsp3) is 0.909. The predicted molar refractivity (Wildman–Crippen MR) is 55.7 cm³/mol. The van der Waals surface area contributed by atoms with Crippen molar-refractivity contribution in [2.45, 2.75) is 51.1 Å². The molecule has 1 saturated carbocycles. The molecule has 3 nitrogen and oxygen atoms in total. The molecule has 0 bridgehead atoms. The van der Waals surface area contributed by atoms with E-state index in [1.54, 1.807) is 0 Å². The molecule has 0 aromatic rings.